The van der Waals surface area contributed by atoms with Crippen LogP contribution in [-0.2, 0) is 0 Å². The van der Waals surface area contributed by atoms with E-state index in [1.807, 2.05) is 6.92 Å². The van der Waals surface area contributed by atoms with Gasteiger partial charge in [0, 0.05) is 24.4 Å². The molecular formula is C12H12N6O3. The van der Waals surface area contributed by atoms with E-state index in [-0.39, 0.29) is 17.2 Å². The van der Waals surface area contributed by atoms with Crippen LogP contribution in [0.4, 0.5) is 17.3 Å². The second-order valence-corrected chi connectivity index (χ2v) is 3.94. The van der Waals surface area contributed by atoms with E-state index in [1.54, 1.807) is 0 Å². The van der Waals surface area contributed by atoms with Gasteiger partial charge in [-0.25, -0.2) is 4.98 Å². The molecule has 0 spiro atoms. The quantitative estimate of drug-likeness (QED) is 0.630. The molecular weight excluding hydrogens is 276 g/mol. The smallest absolute Gasteiger partial charge is 0.270 e. The number of non-ortho nitro benzene ring substituents is 1. The normalized spacial score (nSPS) is 9.95. The van der Waals surface area contributed by atoms with Crippen molar-refractivity contribution >= 4 is 23.2 Å². The van der Waals surface area contributed by atoms with Crippen LogP contribution >= 0.6 is 0 Å². The number of hydrogen-bond donors (Lipinski definition) is 2. The SMILES string of the molecule is CCNc1ccc([N+](=O)[O-])cc1C(=O)Nc1nccnn1. The number of benzene rings is 1. The molecule has 0 unspecified atom stereocenters. The molecule has 0 saturated heterocycles. The molecule has 2 N–H and O–H groups in total. The maximum Gasteiger partial charge on any atom is 0.270 e. The number of nitro groups is 1. The zero-order chi connectivity index (χ0) is 15.2. The highest BCUT2D eigenvalue weighted by Crippen LogP contribution is 2.22. The maximum absolute atomic E-state index is 12.2. The van der Waals surface area contributed by atoms with Gasteiger partial charge in [0.05, 0.1) is 22.9 Å². The lowest BCUT2D eigenvalue weighted by Crippen LogP contribution is -2.17. The summed E-state index contributed by atoms with van der Waals surface area (Å²) in [5, 5.41) is 23.4. The minimum atomic E-state index is -0.562. The Morgan fingerprint density at radius 3 is 2.81 bits per heavy atom. The van der Waals surface area contributed by atoms with Gasteiger partial charge in [0.15, 0.2) is 0 Å². The first kappa shape index (κ1) is 14.3. The number of rotatable bonds is 5. The molecule has 0 atom stereocenters. The van der Waals surface area contributed by atoms with Crippen LogP contribution in [0.1, 0.15) is 17.3 Å². The molecule has 0 aliphatic rings. The zero-order valence-corrected chi connectivity index (χ0v) is 11.1. The fourth-order valence-corrected chi connectivity index (χ4v) is 1.65. The molecule has 9 nitrogen and oxygen atoms in total. The van der Waals surface area contributed by atoms with Gasteiger partial charge in [0.1, 0.15) is 0 Å². The number of nitro benzene ring substituents is 1. The lowest BCUT2D eigenvalue weighted by atomic mass is 10.1. The maximum atomic E-state index is 12.2. The summed E-state index contributed by atoms with van der Waals surface area (Å²) in [5.41, 5.74) is 0.455. The van der Waals surface area contributed by atoms with Crippen molar-refractivity contribution in [3.8, 4) is 0 Å². The van der Waals surface area contributed by atoms with Crippen molar-refractivity contribution in [2.75, 3.05) is 17.2 Å². The van der Waals surface area contributed by atoms with Crippen LogP contribution in [-0.4, -0.2) is 32.6 Å². The predicted molar refractivity (Wildman–Crippen MR) is 75.0 cm³/mol. The number of hydrogen-bond acceptors (Lipinski definition) is 7. The molecule has 1 amide bonds. The lowest BCUT2D eigenvalue weighted by molar-refractivity contribution is -0.384. The van der Waals surface area contributed by atoms with Gasteiger partial charge in [-0.15, -0.1) is 5.10 Å². The summed E-state index contributed by atoms with van der Waals surface area (Å²) >= 11 is 0. The molecule has 1 heterocycles. The largest absolute Gasteiger partial charge is 0.385 e. The minimum absolute atomic E-state index is 0.0245. The first-order chi connectivity index (χ1) is 10.1. The van der Waals surface area contributed by atoms with Crippen LogP contribution in [0.5, 0.6) is 0 Å². The van der Waals surface area contributed by atoms with E-state index >= 15 is 0 Å². The molecule has 0 radical (unpaired) electrons. The number of amides is 1. The molecule has 1 aromatic heterocycles. The van der Waals surface area contributed by atoms with Gasteiger partial charge < -0.3 is 5.32 Å². The number of nitrogens with one attached hydrogen (secondary N) is 2. The molecule has 0 aliphatic carbocycles. The molecule has 2 aromatic rings. The van der Waals surface area contributed by atoms with Crippen LogP contribution in [0.2, 0.25) is 0 Å². The fourth-order valence-electron chi connectivity index (χ4n) is 1.65. The lowest BCUT2D eigenvalue weighted by Gasteiger charge is -2.10. The Hall–Kier alpha value is -3.10. The van der Waals surface area contributed by atoms with E-state index in [2.05, 4.69) is 25.8 Å². The van der Waals surface area contributed by atoms with E-state index in [1.165, 1.54) is 30.6 Å². The van der Waals surface area contributed by atoms with Crippen molar-refractivity contribution in [1.82, 2.24) is 15.2 Å². The summed E-state index contributed by atoms with van der Waals surface area (Å²) < 4.78 is 0. The van der Waals surface area contributed by atoms with Gasteiger partial charge in [-0.3, -0.25) is 20.2 Å². The summed E-state index contributed by atoms with van der Waals surface area (Å²) in [6, 6.07) is 4.01. The van der Waals surface area contributed by atoms with E-state index < -0.39 is 10.8 Å². The Kier molecular flexibility index (Phi) is 4.34. The van der Waals surface area contributed by atoms with Gasteiger partial charge in [-0.1, -0.05) is 0 Å². The van der Waals surface area contributed by atoms with E-state index in [9.17, 15) is 14.9 Å². The van der Waals surface area contributed by atoms with Gasteiger partial charge >= 0.3 is 0 Å². The van der Waals surface area contributed by atoms with Gasteiger partial charge in [-0.05, 0) is 13.0 Å². The summed E-state index contributed by atoms with van der Waals surface area (Å²) in [7, 11) is 0. The van der Waals surface area contributed by atoms with Crippen molar-refractivity contribution in [3.63, 3.8) is 0 Å². The van der Waals surface area contributed by atoms with Crippen LogP contribution in [0, 0.1) is 10.1 Å². The Balaban J connectivity index is 2.33. The Morgan fingerprint density at radius 1 is 1.38 bits per heavy atom. The third-order valence-corrected chi connectivity index (χ3v) is 2.53. The van der Waals surface area contributed by atoms with Crippen LogP contribution in [0.25, 0.3) is 0 Å². The minimum Gasteiger partial charge on any atom is -0.385 e. The first-order valence-corrected chi connectivity index (χ1v) is 6.09. The number of anilines is 2. The number of carbonyl (C=O) groups is 1. The van der Waals surface area contributed by atoms with Crippen molar-refractivity contribution in [3.05, 3.63) is 46.3 Å². The predicted octanol–water partition coefficient (Wildman–Crippen LogP) is 1.46. The second-order valence-electron chi connectivity index (χ2n) is 3.94. The average Bonchev–Trinajstić information content (AvgIpc) is 2.48. The molecule has 9 heteroatoms. The van der Waals surface area contributed by atoms with E-state index in [0.29, 0.717) is 12.2 Å². The van der Waals surface area contributed by atoms with Crippen LogP contribution < -0.4 is 10.6 Å². The van der Waals surface area contributed by atoms with Gasteiger partial charge in [0.2, 0.25) is 5.95 Å². The fraction of sp³-hybridized carbons (Fsp3) is 0.167. The third-order valence-electron chi connectivity index (χ3n) is 2.53. The molecule has 0 saturated carbocycles. The number of aromatic nitrogens is 3. The van der Waals surface area contributed by atoms with Gasteiger partial charge in [-0.2, -0.15) is 5.10 Å². The Bertz CT molecular complexity index is 661. The summed E-state index contributed by atoms with van der Waals surface area (Å²) in [6.45, 7) is 2.43. The molecule has 0 aliphatic heterocycles. The topological polar surface area (TPSA) is 123 Å². The highest BCUT2D eigenvalue weighted by molar-refractivity contribution is 6.07. The Morgan fingerprint density at radius 2 is 2.19 bits per heavy atom. The standard InChI is InChI=1S/C12H12N6O3/c1-2-13-10-4-3-8(18(20)21)7-9(10)11(19)16-12-14-5-6-15-17-12/h3-7,13H,2H2,1H3,(H,14,16,17,19). The molecule has 21 heavy (non-hydrogen) atoms. The first-order valence-electron chi connectivity index (χ1n) is 6.09. The highest BCUT2D eigenvalue weighted by atomic mass is 16.6. The third kappa shape index (κ3) is 3.47. The summed E-state index contributed by atoms with van der Waals surface area (Å²) in [5.74, 6) is -0.529. The summed E-state index contributed by atoms with van der Waals surface area (Å²) in [6.07, 6.45) is 2.74. The second kappa shape index (κ2) is 6.37. The molecule has 2 rings (SSSR count). The van der Waals surface area contributed by atoms with Crippen molar-refractivity contribution in [2.45, 2.75) is 6.92 Å². The van der Waals surface area contributed by atoms with Crippen LogP contribution in [0.15, 0.2) is 30.6 Å². The van der Waals surface area contributed by atoms with E-state index in [4.69, 9.17) is 0 Å². The van der Waals surface area contributed by atoms with Crippen molar-refractivity contribution in [2.24, 2.45) is 0 Å². The molecule has 108 valence electrons. The Labute approximate surface area is 119 Å². The monoisotopic (exact) mass is 288 g/mol. The number of nitrogens with zero attached hydrogens (tertiary/aromatic N) is 4. The summed E-state index contributed by atoms with van der Waals surface area (Å²) in [4.78, 5) is 26.3. The average molecular weight is 288 g/mol. The molecule has 1 aromatic carbocycles. The highest BCUT2D eigenvalue weighted by Gasteiger charge is 2.17. The number of carbonyl (C=O) groups excluding carboxylic acids is 1. The van der Waals surface area contributed by atoms with Crippen molar-refractivity contribution in [1.29, 1.82) is 0 Å². The van der Waals surface area contributed by atoms with E-state index in [0.717, 1.165) is 0 Å². The van der Waals surface area contributed by atoms with Gasteiger partial charge in [0.25, 0.3) is 11.6 Å². The molecule has 0 fully saturated rings. The zero-order valence-electron chi connectivity index (χ0n) is 11.1. The molecule has 0 bridgehead atoms. The van der Waals surface area contributed by atoms with Crippen molar-refractivity contribution < 1.29 is 9.72 Å². The van der Waals surface area contributed by atoms with Crippen LogP contribution in [0.3, 0.4) is 0 Å².